The number of likely N-dealkylation sites (tertiary alicyclic amines) is 1. The van der Waals surface area contributed by atoms with Gasteiger partial charge in [0.15, 0.2) is 0 Å². The minimum Gasteiger partial charge on any atom is -0.461 e. The monoisotopic (exact) mass is 369 g/mol. The van der Waals surface area contributed by atoms with Gasteiger partial charge in [0.25, 0.3) is 0 Å². The van der Waals surface area contributed by atoms with E-state index < -0.39 is 11.8 Å². The molecule has 1 atom stereocenters. The number of rotatable bonds is 7. The van der Waals surface area contributed by atoms with Crippen LogP contribution in [0, 0.1) is 0 Å². The average Bonchev–Trinajstić information content (AvgIpc) is 3.11. The number of hydrogen-bond donors (Lipinski definition) is 1. The van der Waals surface area contributed by atoms with E-state index >= 15 is 0 Å². The van der Waals surface area contributed by atoms with Crippen LogP contribution < -0.4 is 5.32 Å². The number of benzene rings is 1. The Kier molecular flexibility index (Phi) is 6.54. The van der Waals surface area contributed by atoms with Gasteiger partial charge in [0.1, 0.15) is 5.82 Å². The van der Waals surface area contributed by atoms with Crippen molar-refractivity contribution in [2.24, 2.45) is 0 Å². The maximum absolute atomic E-state index is 13.7. The number of carbonyl (C=O) groups excluding carboxylic acids is 1. The molecule has 1 aromatic heterocycles. The normalized spacial score (nSPS) is 17.7. The predicted molar refractivity (Wildman–Crippen MR) is 104 cm³/mol. The van der Waals surface area contributed by atoms with Crippen molar-refractivity contribution < 1.29 is 13.9 Å². The fraction of sp³-hybridized carbons (Fsp3) is 0.333. The molecule has 6 heteroatoms. The summed E-state index contributed by atoms with van der Waals surface area (Å²) in [5, 5.41) is 3.42. The van der Waals surface area contributed by atoms with Gasteiger partial charge >= 0.3 is 5.97 Å². The molecule has 0 unspecified atom stereocenters. The molecule has 0 bridgehead atoms. The average molecular weight is 369 g/mol. The number of nitrogens with one attached hydrogen (secondary N) is 1. The lowest BCUT2D eigenvalue weighted by Gasteiger charge is -2.17. The lowest BCUT2D eigenvalue weighted by atomic mass is 10.2. The van der Waals surface area contributed by atoms with Gasteiger partial charge in [0.05, 0.1) is 6.61 Å². The summed E-state index contributed by atoms with van der Waals surface area (Å²) in [6.45, 7) is 4.72. The van der Waals surface area contributed by atoms with Gasteiger partial charge in [-0.1, -0.05) is 30.3 Å². The summed E-state index contributed by atoms with van der Waals surface area (Å²) >= 11 is 0. The van der Waals surface area contributed by atoms with E-state index in [9.17, 15) is 9.18 Å². The molecule has 1 saturated heterocycles. The molecule has 0 spiro atoms. The first kappa shape index (κ1) is 19.0. The van der Waals surface area contributed by atoms with Gasteiger partial charge < -0.3 is 10.1 Å². The Morgan fingerprint density at radius 3 is 2.85 bits per heavy atom. The van der Waals surface area contributed by atoms with Crippen LogP contribution in [0.25, 0.3) is 6.08 Å². The summed E-state index contributed by atoms with van der Waals surface area (Å²) in [4.78, 5) is 18.0. The Morgan fingerprint density at radius 2 is 2.15 bits per heavy atom. The van der Waals surface area contributed by atoms with Gasteiger partial charge in [-0.25, -0.2) is 9.78 Å². The summed E-state index contributed by atoms with van der Waals surface area (Å²) in [7, 11) is 0. The largest absolute Gasteiger partial charge is 0.461 e. The fourth-order valence-electron chi connectivity index (χ4n) is 3.13. The topological polar surface area (TPSA) is 54.5 Å². The van der Waals surface area contributed by atoms with Gasteiger partial charge in [-0.05, 0) is 42.7 Å². The number of hydrogen-bond acceptors (Lipinski definition) is 5. The van der Waals surface area contributed by atoms with Crippen LogP contribution in [0.4, 0.5) is 10.2 Å². The Bertz CT molecular complexity index is 778. The first-order valence-corrected chi connectivity index (χ1v) is 9.17. The van der Waals surface area contributed by atoms with Crippen LogP contribution in [0.3, 0.4) is 0 Å². The first-order valence-electron chi connectivity index (χ1n) is 9.17. The first-order chi connectivity index (χ1) is 13.1. The van der Waals surface area contributed by atoms with Gasteiger partial charge in [-0.2, -0.15) is 4.39 Å². The van der Waals surface area contributed by atoms with Crippen molar-refractivity contribution in [3.05, 3.63) is 65.6 Å². The molecule has 1 aromatic carbocycles. The number of anilines is 1. The second-order valence-corrected chi connectivity index (χ2v) is 6.54. The third-order valence-corrected chi connectivity index (χ3v) is 4.42. The Hall–Kier alpha value is -2.73. The summed E-state index contributed by atoms with van der Waals surface area (Å²) in [6.07, 6.45) is 3.72. The molecule has 0 saturated carbocycles. The highest BCUT2D eigenvalue weighted by molar-refractivity contribution is 5.91. The van der Waals surface area contributed by atoms with E-state index in [-0.39, 0.29) is 6.61 Å². The molecule has 0 radical (unpaired) electrons. The molecule has 1 fully saturated rings. The standard InChI is InChI=1S/C21H24FN3O2/c1-2-27-21(26)19(22)12-17-8-9-20(23-13-17)24-18-10-11-25(15-18)14-16-6-4-3-5-7-16/h3-9,12-13,18H,2,10-11,14-15H2,1H3,(H,23,24)/t18-/m1/s1. The second kappa shape index (κ2) is 9.28. The highest BCUT2D eigenvalue weighted by Gasteiger charge is 2.22. The van der Waals surface area contributed by atoms with Crippen molar-refractivity contribution in [1.82, 2.24) is 9.88 Å². The number of carbonyl (C=O) groups is 1. The van der Waals surface area contributed by atoms with Crippen LogP contribution in [0.1, 0.15) is 24.5 Å². The smallest absolute Gasteiger partial charge is 0.367 e. The molecule has 2 heterocycles. The number of aromatic nitrogens is 1. The van der Waals surface area contributed by atoms with Crippen molar-refractivity contribution >= 4 is 17.9 Å². The molecular formula is C21H24FN3O2. The van der Waals surface area contributed by atoms with Crippen LogP contribution in [0.2, 0.25) is 0 Å². The van der Waals surface area contributed by atoms with E-state index in [1.165, 1.54) is 11.8 Å². The SMILES string of the molecule is CCOC(=O)C(F)=Cc1ccc(N[C@@H]2CCN(Cc3ccccc3)C2)nc1. The van der Waals surface area contributed by atoms with E-state index in [2.05, 4.69) is 44.2 Å². The third kappa shape index (κ3) is 5.62. The molecule has 2 aromatic rings. The minimum atomic E-state index is -0.954. The zero-order valence-corrected chi connectivity index (χ0v) is 15.4. The van der Waals surface area contributed by atoms with E-state index in [0.29, 0.717) is 11.6 Å². The van der Waals surface area contributed by atoms with E-state index in [0.717, 1.165) is 37.9 Å². The molecule has 1 aliphatic rings. The summed E-state index contributed by atoms with van der Waals surface area (Å²) in [5.41, 5.74) is 1.83. The van der Waals surface area contributed by atoms with E-state index in [1.807, 2.05) is 6.07 Å². The highest BCUT2D eigenvalue weighted by atomic mass is 19.1. The maximum Gasteiger partial charge on any atom is 0.367 e. The molecule has 0 aliphatic carbocycles. The van der Waals surface area contributed by atoms with Gasteiger partial charge in [0.2, 0.25) is 5.83 Å². The Morgan fingerprint density at radius 1 is 1.33 bits per heavy atom. The van der Waals surface area contributed by atoms with Crippen LogP contribution in [-0.2, 0) is 16.1 Å². The molecule has 27 heavy (non-hydrogen) atoms. The summed E-state index contributed by atoms with van der Waals surface area (Å²) < 4.78 is 18.3. The zero-order chi connectivity index (χ0) is 19.1. The van der Waals surface area contributed by atoms with Crippen molar-refractivity contribution in [1.29, 1.82) is 0 Å². The molecule has 0 amide bonds. The number of nitrogens with zero attached hydrogens (tertiary/aromatic N) is 2. The van der Waals surface area contributed by atoms with Gasteiger partial charge in [0, 0.05) is 31.9 Å². The number of esters is 1. The van der Waals surface area contributed by atoms with Crippen molar-refractivity contribution in [3.8, 4) is 0 Å². The highest BCUT2D eigenvalue weighted by Crippen LogP contribution is 2.18. The lowest BCUT2D eigenvalue weighted by molar-refractivity contribution is -0.140. The predicted octanol–water partition coefficient (Wildman–Crippen LogP) is 3.64. The van der Waals surface area contributed by atoms with Crippen molar-refractivity contribution in [3.63, 3.8) is 0 Å². The van der Waals surface area contributed by atoms with Crippen LogP contribution in [0.5, 0.6) is 0 Å². The van der Waals surface area contributed by atoms with Crippen LogP contribution in [-0.4, -0.2) is 41.6 Å². The number of halogens is 1. The summed E-state index contributed by atoms with van der Waals surface area (Å²) in [6, 6.07) is 14.3. The maximum atomic E-state index is 13.7. The van der Waals surface area contributed by atoms with E-state index in [4.69, 9.17) is 0 Å². The Labute approximate surface area is 158 Å². The van der Waals surface area contributed by atoms with Crippen molar-refractivity contribution in [2.75, 3.05) is 25.0 Å². The van der Waals surface area contributed by atoms with Crippen molar-refractivity contribution in [2.45, 2.75) is 25.9 Å². The van der Waals surface area contributed by atoms with Crippen LogP contribution >= 0.6 is 0 Å². The van der Waals surface area contributed by atoms with Gasteiger partial charge in [-0.15, -0.1) is 0 Å². The molecule has 1 aliphatic heterocycles. The van der Waals surface area contributed by atoms with Crippen LogP contribution in [0.15, 0.2) is 54.5 Å². The quantitative estimate of drug-likeness (QED) is 0.596. The molecule has 5 nitrogen and oxygen atoms in total. The zero-order valence-electron chi connectivity index (χ0n) is 15.4. The molecular weight excluding hydrogens is 345 g/mol. The second-order valence-electron chi connectivity index (χ2n) is 6.54. The third-order valence-electron chi connectivity index (χ3n) is 4.42. The fourth-order valence-corrected chi connectivity index (χ4v) is 3.13. The lowest BCUT2D eigenvalue weighted by Crippen LogP contribution is -2.26. The van der Waals surface area contributed by atoms with Gasteiger partial charge in [-0.3, -0.25) is 4.90 Å². The molecule has 3 rings (SSSR count). The number of pyridine rings is 1. The summed E-state index contributed by atoms with van der Waals surface area (Å²) in [5.74, 6) is -1.13. The number of ether oxygens (including phenoxy) is 1. The minimum absolute atomic E-state index is 0.143. The van der Waals surface area contributed by atoms with E-state index in [1.54, 1.807) is 19.1 Å². The molecule has 1 N–H and O–H groups in total. The Balaban J connectivity index is 1.51. The molecule has 142 valence electrons.